The molecule has 0 aliphatic heterocycles. The fourth-order valence-electron chi connectivity index (χ4n) is 1.77. The number of benzene rings is 1. The smallest absolute Gasteiger partial charge is 0.390 e. The number of anilines is 2. The third-order valence-electron chi connectivity index (χ3n) is 2.73. The fourth-order valence-corrected chi connectivity index (χ4v) is 1.77. The van der Waals surface area contributed by atoms with E-state index in [0.717, 1.165) is 0 Å². The van der Waals surface area contributed by atoms with Gasteiger partial charge in [-0.15, -0.1) is 0 Å². The van der Waals surface area contributed by atoms with Gasteiger partial charge in [0.15, 0.2) is 0 Å². The molecule has 1 aromatic heterocycles. The van der Waals surface area contributed by atoms with Crippen molar-refractivity contribution >= 4 is 22.4 Å². The number of nitrogen functional groups attached to an aromatic ring is 1. The Kier molecular flexibility index (Phi) is 3.46. The molecule has 19 heavy (non-hydrogen) atoms. The molecule has 0 amide bonds. The summed E-state index contributed by atoms with van der Waals surface area (Å²) in [6, 6.07) is 5.07. The van der Waals surface area contributed by atoms with E-state index < -0.39 is 12.6 Å². The molecule has 0 saturated heterocycles. The van der Waals surface area contributed by atoms with Crippen LogP contribution < -0.4 is 10.6 Å². The number of halogens is 3. The molecule has 0 spiro atoms. The largest absolute Gasteiger partial charge is 0.399 e. The van der Waals surface area contributed by atoms with Gasteiger partial charge in [-0.05, 0) is 18.2 Å². The zero-order valence-corrected chi connectivity index (χ0v) is 10.3. The zero-order valence-electron chi connectivity index (χ0n) is 10.3. The summed E-state index contributed by atoms with van der Waals surface area (Å²) in [5.74, 6) is 0.446. The maximum Gasteiger partial charge on any atom is 0.390 e. The van der Waals surface area contributed by atoms with Crippen LogP contribution in [0.15, 0.2) is 24.5 Å². The Morgan fingerprint density at radius 2 is 2.00 bits per heavy atom. The van der Waals surface area contributed by atoms with Crippen molar-refractivity contribution in [2.24, 2.45) is 0 Å². The van der Waals surface area contributed by atoms with Crippen LogP contribution in [-0.4, -0.2) is 29.7 Å². The van der Waals surface area contributed by atoms with E-state index in [0.29, 0.717) is 22.4 Å². The molecule has 0 radical (unpaired) electrons. The molecule has 0 fully saturated rings. The highest BCUT2D eigenvalue weighted by molar-refractivity contribution is 5.91. The average molecular weight is 270 g/mol. The molecule has 1 aromatic carbocycles. The first-order chi connectivity index (χ1) is 8.87. The number of rotatable bonds is 3. The summed E-state index contributed by atoms with van der Waals surface area (Å²) in [7, 11) is 1.57. The summed E-state index contributed by atoms with van der Waals surface area (Å²) in [6.07, 6.45) is -3.74. The third-order valence-corrected chi connectivity index (χ3v) is 2.73. The molecule has 2 N–H and O–H groups in total. The number of alkyl halides is 3. The summed E-state index contributed by atoms with van der Waals surface area (Å²) in [5, 5.41) is 0.646. The molecule has 7 heteroatoms. The van der Waals surface area contributed by atoms with Gasteiger partial charge >= 0.3 is 6.18 Å². The first-order valence-corrected chi connectivity index (χ1v) is 5.65. The van der Waals surface area contributed by atoms with Crippen LogP contribution in [0.4, 0.5) is 24.7 Å². The van der Waals surface area contributed by atoms with Crippen molar-refractivity contribution in [1.29, 1.82) is 0 Å². The molecule has 0 saturated carbocycles. The highest BCUT2D eigenvalue weighted by Crippen LogP contribution is 2.26. The predicted molar refractivity (Wildman–Crippen MR) is 67.9 cm³/mol. The van der Waals surface area contributed by atoms with Crippen LogP contribution in [0.2, 0.25) is 0 Å². The van der Waals surface area contributed by atoms with Crippen LogP contribution in [0, 0.1) is 0 Å². The standard InChI is InChI=1S/C12H13F3N4/c1-19(5-4-12(13,14)15)11-9-6-8(16)2-3-10(9)17-7-18-11/h2-3,6-7H,4-5,16H2,1H3. The molecule has 102 valence electrons. The minimum atomic E-state index is -4.18. The van der Waals surface area contributed by atoms with Crippen LogP contribution >= 0.6 is 0 Å². The maximum atomic E-state index is 12.2. The molecule has 1 heterocycles. The number of hydrogen-bond acceptors (Lipinski definition) is 4. The predicted octanol–water partition coefficient (Wildman–Crippen LogP) is 2.60. The Hall–Kier alpha value is -2.05. The molecule has 4 nitrogen and oxygen atoms in total. The Balaban J connectivity index is 2.31. The van der Waals surface area contributed by atoms with Crippen LogP contribution in [0.3, 0.4) is 0 Å². The Morgan fingerprint density at radius 1 is 1.26 bits per heavy atom. The lowest BCUT2D eigenvalue weighted by Crippen LogP contribution is -2.25. The van der Waals surface area contributed by atoms with Crippen molar-refractivity contribution in [2.45, 2.75) is 12.6 Å². The Labute approximate surface area is 108 Å². The van der Waals surface area contributed by atoms with E-state index in [-0.39, 0.29) is 6.54 Å². The van der Waals surface area contributed by atoms with E-state index in [4.69, 9.17) is 5.73 Å². The summed E-state index contributed by atoms with van der Waals surface area (Å²) in [4.78, 5) is 9.55. The van der Waals surface area contributed by atoms with Crippen molar-refractivity contribution in [3.05, 3.63) is 24.5 Å². The monoisotopic (exact) mass is 270 g/mol. The van der Waals surface area contributed by atoms with Crippen molar-refractivity contribution in [3.63, 3.8) is 0 Å². The van der Waals surface area contributed by atoms with Gasteiger partial charge < -0.3 is 10.6 Å². The molecule has 0 unspecified atom stereocenters. The highest BCUT2D eigenvalue weighted by Gasteiger charge is 2.27. The summed E-state index contributed by atoms with van der Waals surface area (Å²) < 4.78 is 36.7. The normalized spacial score (nSPS) is 11.8. The van der Waals surface area contributed by atoms with Crippen molar-refractivity contribution in [1.82, 2.24) is 9.97 Å². The summed E-state index contributed by atoms with van der Waals surface area (Å²) in [5.41, 5.74) is 6.85. The van der Waals surface area contributed by atoms with Gasteiger partial charge in [0.25, 0.3) is 0 Å². The lowest BCUT2D eigenvalue weighted by Gasteiger charge is -2.20. The van der Waals surface area contributed by atoms with Crippen molar-refractivity contribution < 1.29 is 13.2 Å². The summed E-state index contributed by atoms with van der Waals surface area (Å²) >= 11 is 0. The van der Waals surface area contributed by atoms with Crippen LogP contribution in [0.5, 0.6) is 0 Å². The lowest BCUT2D eigenvalue weighted by atomic mass is 10.2. The van der Waals surface area contributed by atoms with Gasteiger partial charge in [-0.2, -0.15) is 13.2 Å². The molecular formula is C12H13F3N4. The molecular weight excluding hydrogens is 257 g/mol. The van der Waals surface area contributed by atoms with E-state index in [9.17, 15) is 13.2 Å². The number of fused-ring (bicyclic) bond motifs is 1. The van der Waals surface area contributed by atoms with Gasteiger partial charge in [0.05, 0.1) is 11.9 Å². The van der Waals surface area contributed by atoms with Gasteiger partial charge in [-0.25, -0.2) is 9.97 Å². The van der Waals surface area contributed by atoms with E-state index in [1.165, 1.54) is 11.2 Å². The minimum Gasteiger partial charge on any atom is -0.399 e. The molecule has 0 bridgehead atoms. The fraction of sp³-hybridized carbons (Fsp3) is 0.333. The first kappa shape index (κ1) is 13.4. The molecule has 0 aliphatic rings. The number of nitrogens with two attached hydrogens (primary N) is 1. The van der Waals surface area contributed by atoms with Crippen LogP contribution in [0.1, 0.15) is 6.42 Å². The van der Waals surface area contributed by atoms with Crippen LogP contribution in [0.25, 0.3) is 10.9 Å². The van der Waals surface area contributed by atoms with Gasteiger partial charge in [0.2, 0.25) is 0 Å². The molecule has 0 atom stereocenters. The van der Waals surface area contributed by atoms with Crippen molar-refractivity contribution in [3.8, 4) is 0 Å². The first-order valence-electron chi connectivity index (χ1n) is 5.65. The maximum absolute atomic E-state index is 12.2. The molecule has 0 aliphatic carbocycles. The van der Waals surface area contributed by atoms with E-state index in [1.807, 2.05) is 0 Å². The van der Waals surface area contributed by atoms with Gasteiger partial charge in [0, 0.05) is 24.7 Å². The van der Waals surface area contributed by atoms with Gasteiger partial charge in [-0.1, -0.05) is 0 Å². The quantitative estimate of drug-likeness (QED) is 0.871. The third kappa shape index (κ3) is 3.24. The van der Waals surface area contributed by atoms with Gasteiger partial charge in [0.1, 0.15) is 12.1 Å². The second-order valence-electron chi connectivity index (χ2n) is 4.26. The minimum absolute atomic E-state index is 0.162. The molecule has 2 rings (SSSR count). The average Bonchev–Trinajstić information content (AvgIpc) is 2.34. The second kappa shape index (κ2) is 4.91. The van der Waals surface area contributed by atoms with E-state index >= 15 is 0 Å². The topological polar surface area (TPSA) is 55.0 Å². The van der Waals surface area contributed by atoms with Crippen molar-refractivity contribution in [2.75, 3.05) is 24.2 Å². The summed E-state index contributed by atoms with van der Waals surface area (Å²) in [6.45, 7) is -0.162. The SMILES string of the molecule is CN(CCC(F)(F)F)c1ncnc2ccc(N)cc12. The second-order valence-corrected chi connectivity index (χ2v) is 4.26. The highest BCUT2D eigenvalue weighted by atomic mass is 19.4. The number of aromatic nitrogens is 2. The lowest BCUT2D eigenvalue weighted by molar-refractivity contribution is -0.132. The Bertz CT molecular complexity index is 583. The van der Waals surface area contributed by atoms with Gasteiger partial charge in [-0.3, -0.25) is 0 Å². The van der Waals surface area contributed by atoms with Crippen LogP contribution in [-0.2, 0) is 0 Å². The number of hydrogen-bond donors (Lipinski definition) is 1. The zero-order chi connectivity index (χ0) is 14.0. The van der Waals surface area contributed by atoms with E-state index in [2.05, 4.69) is 9.97 Å². The molecule has 2 aromatic rings. The number of nitrogens with zero attached hydrogens (tertiary/aromatic N) is 3. The Morgan fingerprint density at radius 3 is 2.68 bits per heavy atom. The van der Waals surface area contributed by atoms with E-state index in [1.54, 1.807) is 25.2 Å².